The maximum Gasteiger partial charge on any atom is 0.322 e. The van der Waals surface area contributed by atoms with Crippen molar-refractivity contribution in [2.45, 2.75) is 19.3 Å². The number of methoxy groups -OCH3 is 1. The lowest BCUT2D eigenvalue weighted by molar-refractivity contribution is -0.137. The Bertz CT molecular complexity index is 340. The Morgan fingerprint density at radius 3 is 2.56 bits per heavy atom. The standard InChI is InChI=1S/C8H16N2O4S2/c1-14-8(11)6-16(12,13)10-5-3-2-4-7(9)15/h10H,2-6H2,1H3,(H2,9,15). The van der Waals surface area contributed by atoms with Crippen molar-refractivity contribution in [1.29, 1.82) is 0 Å². The Morgan fingerprint density at radius 2 is 2.06 bits per heavy atom. The van der Waals surface area contributed by atoms with Gasteiger partial charge in [0.25, 0.3) is 0 Å². The summed E-state index contributed by atoms with van der Waals surface area (Å²) in [5.41, 5.74) is 5.28. The summed E-state index contributed by atoms with van der Waals surface area (Å²) in [7, 11) is -2.44. The number of carbonyl (C=O) groups is 1. The number of hydrogen-bond donors (Lipinski definition) is 2. The quantitative estimate of drug-likeness (QED) is 0.351. The molecule has 0 aromatic carbocycles. The lowest BCUT2D eigenvalue weighted by atomic mass is 10.2. The normalized spacial score (nSPS) is 11.1. The minimum absolute atomic E-state index is 0.266. The monoisotopic (exact) mass is 268 g/mol. The molecule has 16 heavy (non-hydrogen) atoms. The molecule has 0 radical (unpaired) electrons. The largest absolute Gasteiger partial charge is 0.468 e. The number of esters is 1. The highest BCUT2D eigenvalue weighted by atomic mass is 32.2. The molecule has 0 spiro atoms. The highest BCUT2D eigenvalue weighted by Gasteiger charge is 2.15. The van der Waals surface area contributed by atoms with Crippen molar-refractivity contribution in [3.8, 4) is 0 Å². The SMILES string of the molecule is COC(=O)CS(=O)(=O)NCCCCC(N)=S. The van der Waals surface area contributed by atoms with Crippen LogP contribution < -0.4 is 10.5 Å². The van der Waals surface area contributed by atoms with Gasteiger partial charge in [-0.2, -0.15) is 0 Å². The molecule has 0 aliphatic carbocycles. The van der Waals surface area contributed by atoms with Gasteiger partial charge in [0.1, 0.15) is 0 Å². The van der Waals surface area contributed by atoms with Crippen LogP contribution in [0.3, 0.4) is 0 Å². The van der Waals surface area contributed by atoms with Gasteiger partial charge in [0.2, 0.25) is 10.0 Å². The summed E-state index contributed by atoms with van der Waals surface area (Å²) in [6, 6.07) is 0. The van der Waals surface area contributed by atoms with E-state index in [0.717, 1.165) is 13.5 Å². The van der Waals surface area contributed by atoms with Crippen molar-refractivity contribution in [3.63, 3.8) is 0 Å². The van der Waals surface area contributed by atoms with Gasteiger partial charge in [0.15, 0.2) is 5.75 Å². The van der Waals surface area contributed by atoms with E-state index in [1.165, 1.54) is 0 Å². The topological polar surface area (TPSA) is 98.5 Å². The maximum atomic E-state index is 11.2. The van der Waals surface area contributed by atoms with E-state index in [0.29, 0.717) is 17.8 Å². The van der Waals surface area contributed by atoms with E-state index in [1.54, 1.807) is 0 Å². The molecule has 0 amide bonds. The molecule has 0 aliphatic rings. The second kappa shape index (κ2) is 7.53. The molecule has 0 saturated carbocycles. The summed E-state index contributed by atoms with van der Waals surface area (Å²) < 4.78 is 29.0. The van der Waals surface area contributed by atoms with E-state index in [2.05, 4.69) is 21.7 Å². The third kappa shape index (κ3) is 8.57. The average Bonchev–Trinajstić information content (AvgIpc) is 2.15. The lowest BCUT2D eigenvalue weighted by Gasteiger charge is -2.05. The molecule has 0 unspecified atom stereocenters. The molecule has 0 fully saturated rings. The number of sulfonamides is 1. The van der Waals surface area contributed by atoms with Crippen LogP contribution in [0.1, 0.15) is 19.3 Å². The van der Waals surface area contributed by atoms with Gasteiger partial charge in [-0.25, -0.2) is 13.1 Å². The van der Waals surface area contributed by atoms with Crippen LogP contribution in [-0.4, -0.2) is 38.8 Å². The fourth-order valence-electron chi connectivity index (χ4n) is 0.917. The van der Waals surface area contributed by atoms with Crippen LogP contribution in [0.4, 0.5) is 0 Å². The number of nitrogens with one attached hydrogen (secondary N) is 1. The van der Waals surface area contributed by atoms with Gasteiger partial charge < -0.3 is 10.5 Å². The fraction of sp³-hybridized carbons (Fsp3) is 0.750. The highest BCUT2D eigenvalue weighted by Crippen LogP contribution is 1.95. The Kier molecular flexibility index (Phi) is 7.18. The van der Waals surface area contributed by atoms with Crippen LogP contribution in [-0.2, 0) is 19.6 Å². The minimum atomic E-state index is -3.58. The third-order valence-corrected chi connectivity index (χ3v) is 3.17. The zero-order chi connectivity index (χ0) is 12.6. The van der Waals surface area contributed by atoms with Crippen LogP contribution in [0, 0.1) is 0 Å². The number of rotatable bonds is 8. The van der Waals surface area contributed by atoms with Crippen LogP contribution >= 0.6 is 12.2 Å². The van der Waals surface area contributed by atoms with Crippen molar-refractivity contribution in [2.75, 3.05) is 19.4 Å². The molecule has 0 bridgehead atoms. The van der Waals surface area contributed by atoms with Gasteiger partial charge in [0.05, 0.1) is 12.1 Å². The molecule has 0 aliphatic heterocycles. The summed E-state index contributed by atoms with van der Waals surface area (Å²) in [5.74, 6) is -1.44. The second-order valence-electron chi connectivity index (χ2n) is 3.15. The van der Waals surface area contributed by atoms with Crippen LogP contribution in [0.2, 0.25) is 0 Å². The first kappa shape index (κ1) is 15.3. The van der Waals surface area contributed by atoms with E-state index < -0.39 is 21.7 Å². The van der Waals surface area contributed by atoms with Crippen molar-refractivity contribution >= 4 is 33.2 Å². The number of nitrogens with two attached hydrogens (primary N) is 1. The summed E-state index contributed by atoms with van der Waals surface area (Å²) >= 11 is 4.67. The van der Waals surface area contributed by atoms with Crippen LogP contribution in [0.15, 0.2) is 0 Å². The molecule has 0 rings (SSSR count). The molecule has 0 aromatic heterocycles. The third-order valence-electron chi connectivity index (χ3n) is 1.71. The van der Waals surface area contributed by atoms with E-state index in [9.17, 15) is 13.2 Å². The molecule has 3 N–H and O–H groups in total. The second-order valence-corrected chi connectivity index (χ2v) is 5.48. The van der Waals surface area contributed by atoms with E-state index >= 15 is 0 Å². The summed E-state index contributed by atoms with van der Waals surface area (Å²) in [5, 5.41) is 0. The van der Waals surface area contributed by atoms with Crippen molar-refractivity contribution < 1.29 is 17.9 Å². The molecular formula is C8H16N2O4S2. The van der Waals surface area contributed by atoms with Crippen LogP contribution in [0.5, 0.6) is 0 Å². The maximum absolute atomic E-state index is 11.2. The van der Waals surface area contributed by atoms with Gasteiger partial charge in [-0.05, 0) is 19.3 Å². The lowest BCUT2D eigenvalue weighted by Crippen LogP contribution is -2.31. The summed E-state index contributed by atoms with van der Waals surface area (Å²) in [6.07, 6.45) is 1.93. The van der Waals surface area contributed by atoms with Gasteiger partial charge >= 0.3 is 5.97 Å². The predicted octanol–water partition coefficient (Wildman–Crippen LogP) is -0.465. The molecule has 0 atom stereocenters. The Labute approximate surface area is 101 Å². The first-order valence-corrected chi connectivity index (χ1v) is 6.76. The molecular weight excluding hydrogens is 252 g/mol. The Balaban J connectivity index is 3.75. The van der Waals surface area contributed by atoms with Crippen LogP contribution in [0.25, 0.3) is 0 Å². The molecule has 0 aromatic rings. The minimum Gasteiger partial charge on any atom is -0.468 e. The number of thiocarbonyl (C=S) groups is 1. The van der Waals surface area contributed by atoms with Crippen molar-refractivity contribution in [1.82, 2.24) is 4.72 Å². The van der Waals surface area contributed by atoms with E-state index in [4.69, 9.17) is 5.73 Å². The molecule has 94 valence electrons. The zero-order valence-corrected chi connectivity index (χ0v) is 10.7. The van der Waals surface area contributed by atoms with Gasteiger partial charge in [-0.1, -0.05) is 12.2 Å². The first-order valence-electron chi connectivity index (χ1n) is 4.70. The molecule has 8 heteroatoms. The zero-order valence-electron chi connectivity index (χ0n) is 9.06. The Hall–Kier alpha value is -0.730. The number of unbranched alkanes of at least 4 members (excludes halogenated alkanes) is 1. The number of carbonyl (C=O) groups excluding carboxylic acids is 1. The average molecular weight is 268 g/mol. The van der Waals surface area contributed by atoms with Gasteiger partial charge in [-0.3, -0.25) is 4.79 Å². The number of ether oxygens (including phenoxy) is 1. The van der Waals surface area contributed by atoms with Crippen molar-refractivity contribution in [3.05, 3.63) is 0 Å². The van der Waals surface area contributed by atoms with Crippen molar-refractivity contribution in [2.24, 2.45) is 5.73 Å². The number of hydrogen-bond acceptors (Lipinski definition) is 5. The highest BCUT2D eigenvalue weighted by molar-refractivity contribution is 7.90. The van der Waals surface area contributed by atoms with Gasteiger partial charge in [0, 0.05) is 6.54 Å². The van der Waals surface area contributed by atoms with E-state index in [-0.39, 0.29) is 6.54 Å². The first-order chi connectivity index (χ1) is 7.37. The van der Waals surface area contributed by atoms with E-state index in [1.807, 2.05) is 0 Å². The fourth-order valence-corrected chi connectivity index (χ4v) is 2.05. The van der Waals surface area contributed by atoms with Gasteiger partial charge in [-0.15, -0.1) is 0 Å². The summed E-state index contributed by atoms with van der Waals surface area (Å²) in [4.78, 5) is 11.1. The molecule has 0 heterocycles. The Morgan fingerprint density at radius 1 is 1.44 bits per heavy atom. The molecule has 6 nitrogen and oxygen atoms in total. The molecule has 0 saturated heterocycles. The smallest absolute Gasteiger partial charge is 0.322 e. The summed E-state index contributed by atoms with van der Waals surface area (Å²) in [6.45, 7) is 0.266. The predicted molar refractivity (Wildman–Crippen MR) is 64.4 cm³/mol.